The number of hydrogen-bond acceptors (Lipinski definition) is 4. The number of halogens is 3. The van der Waals surface area contributed by atoms with E-state index in [1.54, 1.807) is 18.2 Å². The minimum absolute atomic E-state index is 0.214. The van der Waals surface area contributed by atoms with Crippen LogP contribution in [0.1, 0.15) is 48.3 Å². The van der Waals surface area contributed by atoms with E-state index in [1.165, 1.54) is 0 Å². The summed E-state index contributed by atoms with van der Waals surface area (Å²) in [6.45, 7) is 6.11. The van der Waals surface area contributed by atoms with Gasteiger partial charge in [-0.25, -0.2) is 9.97 Å². The zero-order chi connectivity index (χ0) is 20.0. The Hall–Kier alpha value is -2.64. The van der Waals surface area contributed by atoms with Crippen molar-refractivity contribution in [1.29, 1.82) is 0 Å². The Bertz CT molecular complexity index is 789. The van der Waals surface area contributed by atoms with Crippen molar-refractivity contribution in [1.82, 2.24) is 15.3 Å². The highest BCUT2D eigenvalue weighted by Crippen LogP contribution is 2.31. The summed E-state index contributed by atoms with van der Waals surface area (Å²) in [5.74, 6) is -0.827. The van der Waals surface area contributed by atoms with E-state index in [-0.39, 0.29) is 11.9 Å². The number of nitrogens with one attached hydrogen (secondary N) is 2. The van der Waals surface area contributed by atoms with Crippen LogP contribution >= 0.6 is 0 Å². The Balaban J connectivity index is 2.26. The van der Waals surface area contributed by atoms with Gasteiger partial charge in [-0.15, -0.1) is 0 Å². The van der Waals surface area contributed by atoms with Crippen LogP contribution in [-0.2, 0) is 6.18 Å². The van der Waals surface area contributed by atoms with E-state index in [0.29, 0.717) is 12.2 Å². The minimum atomic E-state index is -4.77. The van der Waals surface area contributed by atoms with Crippen molar-refractivity contribution in [3.05, 3.63) is 47.3 Å². The summed E-state index contributed by atoms with van der Waals surface area (Å²) in [5.41, 5.74) is -0.333. The van der Waals surface area contributed by atoms with Crippen LogP contribution in [0.3, 0.4) is 0 Å². The van der Waals surface area contributed by atoms with E-state index in [1.807, 2.05) is 26.8 Å². The molecule has 0 saturated heterocycles. The number of anilines is 2. The molecular formula is C19H23F3N4O. The van der Waals surface area contributed by atoms with Crippen LogP contribution < -0.4 is 10.6 Å². The van der Waals surface area contributed by atoms with E-state index in [2.05, 4.69) is 20.6 Å². The molecule has 1 aromatic carbocycles. The molecule has 27 heavy (non-hydrogen) atoms. The lowest BCUT2D eigenvalue weighted by atomic mass is 10.0. The molecule has 1 amide bonds. The summed E-state index contributed by atoms with van der Waals surface area (Å²) in [7, 11) is 0. The van der Waals surface area contributed by atoms with Crippen molar-refractivity contribution >= 4 is 17.5 Å². The predicted octanol–water partition coefficient (Wildman–Crippen LogP) is 4.71. The third kappa shape index (κ3) is 5.67. The molecule has 0 atom stereocenters. The van der Waals surface area contributed by atoms with Crippen LogP contribution in [0.15, 0.2) is 30.5 Å². The molecule has 0 aliphatic heterocycles. The molecule has 0 bridgehead atoms. The molecular weight excluding hydrogens is 357 g/mol. The highest BCUT2D eigenvalue weighted by molar-refractivity contribution is 5.95. The number of amides is 1. The fourth-order valence-electron chi connectivity index (χ4n) is 2.59. The first-order chi connectivity index (χ1) is 12.7. The molecule has 0 saturated carbocycles. The van der Waals surface area contributed by atoms with Crippen LogP contribution in [0.25, 0.3) is 0 Å². The third-order valence-electron chi connectivity index (χ3n) is 4.28. The number of hydrogen-bond donors (Lipinski definition) is 2. The molecule has 0 aliphatic carbocycles. The highest BCUT2D eigenvalue weighted by Gasteiger charge is 2.38. The van der Waals surface area contributed by atoms with E-state index >= 15 is 0 Å². The van der Waals surface area contributed by atoms with Crippen LogP contribution in [0.2, 0.25) is 0 Å². The van der Waals surface area contributed by atoms with Gasteiger partial charge in [0.05, 0.1) is 5.56 Å². The van der Waals surface area contributed by atoms with Gasteiger partial charge < -0.3 is 10.6 Å². The molecule has 0 aliphatic rings. The Kier molecular flexibility index (Phi) is 6.76. The first-order valence-corrected chi connectivity index (χ1v) is 8.80. The lowest BCUT2D eigenvalue weighted by molar-refractivity contribution is -0.141. The second kappa shape index (κ2) is 8.83. The van der Waals surface area contributed by atoms with Crippen LogP contribution in [0.4, 0.5) is 24.8 Å². The number of carbonyl (C=O) groups excluding carboxylic acids is 1. The second-order valence-electron chi connectivity index (χ2n) is 6.34. The van der Waals surface area contributed by atoms with Crippen molar-refractivity contribution in [2.75, 3.05) is 11.9 Å². The molecule has 0 spiro atoms. The largest absolute Gasteiger partial charge is 0.434 e. The van der Waals surface area contributed by atoms with E-state index in [9.17, 15) is 18.0 Å². The zero-order valence-corrected chi connectivity index (χ0v) is 15.5. The summed E-state index contributed by atoms with van der Waals surface area (Å²) in [6, 6.07) is 7.08. The predicted molar refractivity (Wildman–Crippen MR) is 97.9 cm³/mol. The molecule has 0 fully saturated rings. The maximum atomic E-state index is 13.4. The molecule has 5 nitrogen and oxygen atoms in total. The molecule has 146 valence electrons. The summed E-state index contributed by atoms with van der Waals surface area (Å²) < 4.78 is 40.3. The monoisotopic (exact) mass is 380 g/mol. The van der Waals surface area contributed by atoms with Crippen molar-refractivity contribution < 1.29 is 18.0 Å². The SMILES string of the molecule is CCC(CC)CNC(=O)c1cnc(Nc2cccc(C)c2)nc1C(F)(F)F. The van der Waals surface area contributed by atoms with Crippen molar-refractivity contribution in [2.24, 2.45) is 5.92 Å². The number of aryl methyl sites for hydroxylation is 1. The molecule has 0 radical (unpaired) electrons. The maximum absolute atomic E-state index is 13.4. The topological polar surface area (TPSA) is 66.9 Å². The standard InChI is InChI=1S/C19H23F3N4O/c1-4-13(5-2)10-23-17(27)15-11-24-18(26-16(15)19(20,21)22)25-14-8-6-7-12(3)9-14/h6-9,11,13H,4-5,10H2,1-3H3,(H,23,27)(H,24,25,26). The van der Waals surface area contributed by atoms with Crippen LogP contribution in [-0.4, -0.2) is 22.4 Å². The number of rotatable bonds is 7. The molecule has 2 N–H and O–H groups in total. The third-order valence-corrected chi connectivity index (χ3v) is 4.28. The molecule has 2 aromatic rings. The molecule has 2 rings (SSSR count). The van der Waals surface area contributed by atoms with Crippen LogP contribution in [0, 0.1) is 12.8 Å². The Morgan fingerprint density at radius 3 is 2.52 bits per heavy atom. The van der Waals surface area contributed by atoms with E-state index in [0.717, 1.165) is 24.6 Å². The average Bonchev–Trinajstić information content (AvgIpc) is 2.61. The van der Waals surface area contributed by atoms with Crippen molar-refractivity contribution in [3.63, 3.8) is 0 Å². The van der Waals surface area contributed by atoms with Gasteiger partial charge in [-0.1, -0.05) is 38.8 Å². The maximum Gasteiger partial charge on any atom is 0.434 e. The van der Waals surface area contributed by atoms with Gasteiger partial charge in [0.1, 0.15) is 0 Å². The molecule has 0 unspecified atom stereocenters. The summed E-state index contributed by atoms with van der Waals surface area (Å²) in [4.78, 5) is 19.7. The van der Waals surface area contributed by atoms with E-state index in [4.69, 9.17) is 0 Å². The fourth-order valence-corrected chi connectivity index (χ4v) is 2.59. The Morgan fingerprint density at radius 2 is 1.93 bits per heavy atom. The second-order valence-corrected chi connectivity index (χ2v) is 6.34. The first kappa shape index (κ1) is 20.7. The minimum Gasteiger partial charge on any atom is -0.352 e. The zero-order valence-electron chi connectivity index (χ0n) is 15.5. The molecule has 8 heteroatoms. The molecule has 1 aromatic heterocycles. The first-order valence-electron chi connectivity index (χ1n) is 8.80. The van der Waals surface area contributed by atoms with Gasteiger partial charge in [0.25, 0.3) is 5.91 Å². The van der Waals surface area contributed by atoms with Gasteiger partial charge in [-0.2, -0.15) is 13.2 Å². The average molecular weight is 380 g/mol. The Morgan fingerprint density at radius 1 is 1.22 bits per heavy atom. The number of carbonyl (C=O) groups is 1. The Labute approximate surface area is 156 Å². The number of benzene rings is 1. The van der Waals surface area contributed by atoms with Crippen molar-refractivity contribution in [3.8, 4) is 0 Å². The van der Waals surface area contributed by atoms with E-state index < -0.39 is 23.3 Å². The lowest BCUT2D eigenvalue weighted by Gasteiger charge is -2.16. The lowest BCUT2D eigenvalue weighted by Crippen LogP contribution is -2.31. The van der Waals surface area contributed by atoms with Gasteiger partial charge >= 0.3 is 6.18 Å². The normalized spacial score (nSPS) is 11.5. The smallest absolute Gasteiger partial charge is 0.352 e. The van der Waals surface area contributed by atoms with Gasteiger partial charge in [-0.05, 0) is 30.5 Å². The summed E-state index contributed by atoms with van der Waals surface area (Å²) >= 11 is 0. The van der Waals surface area contributed by atoms with Crippen LogP contribution in [0.5, 0.6) is 0 Å². The number of aromatic nitrogens is 2. The van der Waals surface area contributed by atoms with Gasteiger partial charge in [0, 0.05) is 18.4 Å². The van der Waals surface area contributed by atoms with Gasteiger partial charge in [0.15, 0.2) is 5.69 Å². The van der Waals surface area contributed by atoms with Crippen molar-refractivity contribution in [2.45, 2.75) is 39.8 Å². The van der Waals surface area contributed by atoms with Gasteiger partial charge in [-0.3, -0.25) is 4.79 Å². The highest BCUT2D eigenvalue weighted by atomic mass is 19.4. The van der Waals surface area contributed by atoms with Gasteiger partial charge in [0.2, 0.25) is 5.95 Å². The number of alkyl halides is 3. The fraction of sp³-hybridized carbons (Fsp3) is 0.421. The molecule has 1 heterocycles. The summed E-state index contributed by atoms with van der Waals surface area (Å²) in [5, 5.41) is 5.29. The quantitative estimate of drug-likeness (QED) is 0.730. The summed E-state index contributed by atoms with van der Waals surface area (Å²) in [6.07, 6.45) is -2.19. The number of nitrogens with zero attached hydrogens (tertiary/aromatic N) is 2.